The molecule has 1 saturated carbocycles. The summed E-state index contributed by atoms with van der Waals surface area (Å²) in [5, 5.41) is 2.05. The van der Waals surface area contributed by atoms with Crippen LogP contribution >= 0.6 is 27.3 Å². The Hall–Kier alpha value is -0.390. The van der Waals surface area contributed by atoms with E-state index in [1.54, 1.807) is 11.3 Å². The zero-order valence-electron chi connectivity index (χ0n) is 12.0. The SMILES string of the molecule is CN(Cc1cc(Br)cs1)C(=O)CC1(CN)CCCCC1. The zero-order chi connectivity index (χ0) is 14.6. The Kier molecular flexibility index (Phi) is 5.64. The van der Waals surface area contributed by atoms with E-state index < -0.39 is 0 Å². The van der Waals surface area contributed by atoms with Gasteiger partial charge in [0, 0.05) is 28.2 Å². The van der Waals surface area contributed by atoms with Crippen LogP contribution < -0.4 is 5.73 Å². The highest BCUT2D eigenvalue weighted by atomic mass is 79.9. The van der Waals surface area contributed by atoms with Crippen LogP contribution in [0.4, 0.5) is 0 Å². The van der Waals surface area contributed by atoms with E-state index in [-0.39, 0.29) is 11.3 Å². The largest absolute Gasteiger partial charge is 0.341 e. The minimum atomic E-state index is 0.0552. The molecule has 1 heterocycles. The number of hydrogen-bond donors (Lipinski definition) is 1. The van der Waals surface area contributed by atoms with Gasteiger partial charge in [0.1, 0.15) is 0 Å². The Morgan fingerprint density at radius 2 is 2.15 bits per heavy atom. The van der Waals surface area contributed by atoms with Crippen LogP contribution in [-0.4, -0.2) is 24.4 Å². The Labute approximate surface area is 133 Å². The van der Waals surface area contributed by atoms with Gasteiger partial charge in [0.2, 0.25) is 5.91 Å². The fourth-order valence-corrected chi connectivity index (χ4v) is 4.47. The van der Waals surface area contributed by atoms with Gasteiger partial charge in [-0.25, -0.2) is 0 Å². The molecule has 0 unspecified atom stereocenters. The highest BCUT2D eigenvalue weighted by Gasteiger charge is 2.33. The van der Waals surface area contributed by atoms with Gasteiger partial charge in [-0.2, -0.15) is 0 Å². The van der Waals surface area contributed by atoms with Crippen molar-refractivity contribution in [2.75, 3.05) is 13.6 Å². The minimum absolute atomic E-state index is 0.0552. The molecular formula is C15H23BrN2OS. The number of halogens is 1. The topological polar surface area (TPSA) is 46.3 Å². The van der Waals surface area contributed by atoms with Gasteiger partial charge in [0.15, 0.2) is 0 Å². The maximum atomic E-state index is 12.4. The molecule has 0 saturated heterocycles. The van der Waals surface area contributed by atoms with E-state index in [1.165, 1.54) is 24.1 Å². The first kappa shape index (κ1) is 16.0. The highest BCUT2D eigenvalue weighted by molar-refractivity contribution is 9.10. The molecule has 1 aliphatic rings. The van der Waals surface area contributed by atoms with Crippen LogP contribution in [0, 0.1) is 5.41 Å². The summed E-state index contributed by atoms with van der Waals surface area (Å²) in [4.78, 5) is 15.5. The van der Waals surface area contributed by atoms with E-state index in [0.29, 0.717) is 19.5 Å². The number of rotatable bonds is 5. The maximum Gasteiger partial charge on any atom is 0.223 e. The van der Waals surface area contributed by atoms with Crippen molar-refractivity contribution >= 4 is 33.2 Å². The third-order valence-electron chi connectivity index (χ3n) is 4.31. The summed E-state index contributed by atoms with van der Waals surface area (Å²) in [6.45, 7) is 1.33. The van der Waals surface area contributed by atoms with Gasteiger partial charge in [-0.1, -0.05) is 19.3 Å². The average Bonchev–Trinajstić information content (AvgIpc) is 2.85. The number of amides is 1. The van der Waals surface area contributed by atoms with Gasteiger partial charge in [-0.3, -0.25) is 4.79 Å². The highest BCUT2D eigenvalue weighted by Crippen LogP contribution is 2.38. The van der Waals surface area contributed by atoms with Crippen molar-refractivity contribution in [1.29, 1.82) is 0 Å². The molecule has 1 fully saturated rings. The normalized spacial score (nSPS) is 17.9. The molecule has 1 aromatic heterocycles. The predicted molar refractivity (Wildman–Crippen MR) is 87.7 cm³/mol. The van der Waals surface area contributed by atoms with E-state index in [4.69, 9.17) is 5.73 Å². The molecule has 0 aliphatic heterocycles. The lowest BCUT2D eigenvalue weighted by Gasteiger charge is -2.36. The molecule has 1 aromatic rings. The van der Waals surface area contributed by atoms with E-state index in [1.807, 2.05) is 11.9 Å². The van der Waals surface area contributed by atoms with Crippen LogP contribution in [0.15, 0.2) is 15.9 Å². The van der Waals surface area contributed by atoms with Crippen molar-refractivity contribution in [3.05, 3.63) is 20.8 Å². The number of nitrogens with two attached hydrogens (primary N) is 1. The molecule has 20 heavy (non-hydrogen) atoms. The second-order valence-electron chi connectivity index (χ2n) is 5.92. The lowest BCUT2D eigenvalue weighted by Crippen LogP contribution is -2.39. The molecule has 1 amide bonds. The maximum absolute atomic E-state index is 12.4. The molecule has 112 valence electrons. The Bertz CT molecular complexity index is 454. The summed E-state index contributed by atoms with van der Waals surface area (Å²) in [5.41, 5.74) is 6.02. The second kappa shape index (κ2) is 7.05. The standard InChI is InChI=1S/C15H23BrN2OS/c1-18(9-13-7-12(16)10-20-13)14(19)8-15(11-17)5-3-2-4-6-15/h7,10H,2-6,8-9,11,17H2,1H3. The summed E-state index contributed by atoms with van der Waals surface area (Å²) in [5.74, 6) is 0.224. The lowest BCUT2D eigenvalue weighted by molar-refractivity contribution is -0.133. The molecule has 0 bridgehead atoms. The van der Waals surface area contributed by atoms with Gasteiger partial charge < -0.3 is 10.6 Å². The fraction of sp³-hybridized carbons (Fsp3) is 0.667. The van der Waals surface area contributed by atoms with E-state index >= 15 is 0 Å². The average molecular weight is 359 g/mol. The zero-order valence-corrected chi connectivity index (χ0v) is 14.4. The predicted octanol–water partition coefficient (Wildman–Crippen LogP) is 3.77. The number of thiophene rings is 1. The van der Waals surface area contributed by atoms with Gasteiger partial charge in [-0.15, -0.1) is 11.3 Å². The van der Waals surface area contributed by atoms with Crippen LogP contribution in [0.2, 0.25) is 0 Å². The smallest absolute Gasteiger partial charge is 0.223 e. The summed E-state index contributed by atoms with van der Waals surface area (Å²) >= 11 is 5.13. The Balaban J connectivity index is 1.92. The lowest BCUT2D eigenvalue weighted by atomic mass is 9.71. The molecule has 3 nitrogen and oxygen atoms in total. The van der Waals surface area contributed by atoms with Crippen molar-refractivity contribution in [2.24, 2.45) is 11.1 Å². The summed E-state index contributed by atoms with van der Waals surface area (Å²) in [6, 6.07) is 2.08. The molecule has 0 aromatic carbocycles. The van der Waals surface area contributed by atoms with E-state index in [9.17, 15) is 4.79 Å². The number of nitrogens with zero attached hydrogens (tertiary/aromatic N) is 1. The van der Waals surface area contributed by atoms with Crippen LogP contribution in [0.3, 0.4) is 0 Å². The van der Waals surface area contributed by atoms with E-state index in [2.05, 4.69) is 27.4 Å². The van der Waals surface area contributed by atoms with Gasteiger partial charge in [-0.05, 0) is 46.8 Å². The van der Waals surface area contributed by atoms with Crippen molar-refractivity contribution in [2.45, 2.75) is 45.1 Å². The van der Waals surface area contributed by atoms with Crippen molar-refractivity contribution in [3.63, 3.8) is 0 Å². The number of carbonyl (C=O) groups excluding carboxylic acids is 1. The molecule has 2 N–H and O–H groups in total. The Morgan fingerprint density at radius 3 is 2.70 bits per heavy atom. The van der Waals surface area contributed by atoms with Gasteiger partial charge in [0.25, 0.3) is 0 Å². The fourth-order valence-electron chi connectivity index (χ4n) is 2.97. The first-order valence-electron chi connectivity index (χ1n) is 7.22. The third-order valence-corrected chi connectivity index (χ3v) is 6.00. The molecule has 0 atom stereocenters. The summed E-state index contributed by atoms with van der Waals surface area (Å²) in [7, 11) is 1.89. The van der Waals surface area contributed by atoms with Crippen LogP contribution in [0.1, 0.15) is 43.4 Å². The van der Waals surface area contributed by atoms with Gasteiger partial charge >= 0.3 is 0 Å². The minimum Gasteiger partial charge on any atom is -0.341 e. The van der Waals surface area contributed by atoms with Gasteiger partial charge in [0.05, 0.1) is 6.54 Å². The van der Waals surface area contributed by atoms with Crippen LogP contribution in [0.5, 0.6) is 0 Å². The van der Waals surface area contributed by atoms with Crippen molar-refractivity contribution in [3.8, 4) is 0 Å². The quantitative estimate of drug-likeness (QED) is 0.870. The first-order valence-corrected chi connectivity index (χ1v) is 8.89. The third kappa shape index (κ3) is 4.06. The molecule has 5 heteroatoms. The molecule has 1 aliphatic carbocycles. The number of hydrogen-bond acceptors (Lipinski definition) is 3. The molecule has 0 spiro atoms. The molecular weight excluding hydrogens is 336 g/mol. The van der Waals surface area contributed by atoms with E-state index in [0.717, 1.165) is 17.3 Å². The summed E-state index contributed by atoms with van der Waals surface area (Å²) < 4.78 is 1.09. The number of carbonyl (C=O) groups is 1. The van der Waals surface area contributed by atoms with Crippen molar-refractivity contribution < 1.29 is 4.79 Å². The molecule has 2 rings (SSSR count). The van der Waals surface area contributed by atoms with Crippen molar-refractivity contribution in [1.82, 2.24) is 4.90 Å². The summed E-state index contributed by atoms with van der Waals surface area (Å²) in [6.07, 6.45) is 6.53. The monoisotopic (exact) mass is 358 g/mol. The second-order valence-corrected chi connectivity index (χ2v) is 7.83. The van der Waals surface area contributed by atoms with Crippen LogP contribution in [-0.2, 0) is 11.3 Å². The Morgan fingerprint density at radius 1 is 1.45 bits per heavy atom. The van der Waals surface area contributed by atoms with Crippen LogP contribution in [0.25, 0.3) is 0 Å². The first-order chi connectivity index (χ1) is 9.54. The molecule has 0 radical (unpaired) electrons.